The van der Waals surface area contributed by atoms with Crippen LogP contribution in [0.5, 0.6) is 0 Å². The van der Waals surface area contributed by atoms with Gasteiger partial charge in [0.15, 0.2) is 5.96 Å². The lowest BCUT2D eigenvalue weighted by molar-refractivity contribution is -0.114. The topological polar surface area (TPSA) is 70.5 Å². The Labute approximate surface area is 193 Å². The molecule has 0 unspecified atom stereocenters. The van der Waals surface area contributed by atoms with Gasteiger partial charge in [-0.2, -0.15) is 0 Å². The van der Waals surface area contributed by atoms with Gasteiger partial charge in [0.05, 0.1) is 11.6 Å². The number of hydrogen-bond acceptors (Lipinski definition) is 2. The van der Waals surface area contributed by atoms with E-state index in [4.69, 9.17) is 23.2 Å². The molecule has 0 aliphatic carbocycles. The van der Waals surface area contributed by atoms with E-state index in [9.17, 15) is 4.79 Å². The number of guanidine groups is 1. The minimum atomic E-state index is -0.0725. The number of hydrogen-bond donors (Lipinski definition) is 3. The fourth-order valence-electron chi connectivity index (χ4n) is 2.53. The first-order valence-electron chi connectivity index (χ1n) is 8.79. The fraction of sp³-hybridized carbons (Fsp3) is 0.368. The van der Waals surface area contributed by atoms with Gasteiger partial charge in [0.25, 0.3) is 0 Å². The van der Waals surface area contributed by atoms with Crippen LogP contribution in [0, 0.1) is 0 Å². The fourth-order valence-corrected chi connectivity index (χ4v) is 2.94. The number of amides is 1. The zero-order valence-electron chi connectivity index (χ0n) is 16.2. The van der Waals surface area contributed by atoms with Gasteiger partial charge in [-0.15, -0.1) is 24.0 Å². The van der Waals surface area contributed by atoms with E-state index in [-0.39, 0.29) is 29.9 Å². The van der Waals surface area contributed by atoms with E-state index in [1.807, 2.05) is 48.9 Å². The van der Waals surface area contributed by atoms with Gasteiger partial charge < -0.3 is 20.5 Å². The van der Waals surface area contributed by atoms with E-state index < -0.39 is 0 Å². The highest BCUT2D eigenvalue weighted by atomic mass is 127. The first-order valence-corrected chi connectivity index (χ1v) is 9.54. The maximum atomic E-state index is 11.1. The number of aromatic nitrogens is 1. The molecule has 2 aromatic rings. The Morgan fingerprint density at radius 2 is 1.86 bits per heavy atom. The third-order valence-electron chi connectivity index (χ3n) is 3.94. The Kier molecular flexibility index (Phi) is 10.7. The molecule has 9 heteroatoms. The molecule has 154 valence electrons. The van der Waals surface area contributed by atoms with Crippen molar-refractivity contribution in [2.75, 3.05) is 18.4 Å². The zero-order chi connectivity index (χ0) is 19.8. The van der Waals surface area contributed by atoms with E-state index in [0.29, 0.717) is 16.7 Å². The van der Waals surface area contributed by atoms with E-state index in [1.165, 1.54) is 12.5 Å². The Balaban J connectivity index is 0.00000392. The lowest BCUT2D eigenvalue weighted by Crippen LogP contribution is -2.38. The predicted molar refractivity (Wildman–Crippen MR) is 128 cm³/mol. The normalized spacial score (nSPS) is 11.0. The highest BCUT2D eigenvalue weighted by Crippen LogP contribution is 2.25. The third kappa shape index (κ3) is 7.52. The Morgan fingerprint density at radius 3 is 2.39 bits per heavy atom. The summed E-state index contributed by atoms with van der Waals surface area (Å²) in [5.41, 5.74) is 2.92. The van der Waals surface area contributed by atoms with Crippen molar-refractivity contribution in [3.05, 3.63) is 51.8 Å². The molecule has 0 aliphatic heterocycles. The third-order valence-corrected chi connectivity index (χ3v) is 4.78. The summed E-state index contributed by atoms with van der Waals surface area (Å²) in [7, 11) is 1.87. The smallest absolute Gasteiger partial charge is 0.221 e. The summed E-state index contributed by atoms with van der Waals surface area (Å²) in [6.45, 7) is 5.50. The Morgan fingerprint density at radius 1 is 1.18 bits per heavy atom. The average Bonchev–Trinajstić information content (AvgIpc) is 2.87. The molecule has 3 N–H and O–H groups in total. The van der Waals surface area contributed by atoms with Crippen molar-refractivity contribution in [2.24, 2.45) is 12.0 Å². The molecule has 0 saturated carbocycles. The molecule has 0 radical (unpaired) electrons. The number of carbonyl (C=O) groups is 1. The number of halogens is 3. The molecule has 28 heavy (non-hydrogen) atoms. The highest BCUT2D eigenvalue weighted by Gasteiger charge is 2.08. The van der Waals surface area contributed by atoms with Gasteiger partial charge in [-0.05, 0) is 37.1 Å². The molecule has 0 aliphatic rings. The molecule has 1 amide bonds. The van der Waals surface area contributed by atoms with Gasteiger partial charge in [0.2, 0.25) is 5.91 Å². The van der Waals surface area contributed by atoms with Crippen molar-refractivity contribution >= 4 is 64.7 Å². The minimum Gasteiger partial charge on any atom is -0.357 e. The lowest BCUT2D eigenvalue weighted by Gasteiger charge is -2.12. The van der Waals surface area contributed by atoms with Crippen LogP contribution in [0.4, 0.5) is 5.69 Å². The van der Waals surface area contributed by atoms with Crippen LogP contribution in [-0.2, 0) is 24.8 Å². The molecule has 0 atom stereocenters. The number of anilines is 1. The van der Waals surface area contributed by atoms with Crippen LogP contribution in [0.15, 0.2) is 35.3 Å². The maximum absolute atomic E-state index is 11.1. The zero-order valence-corrected chi connectivity index (χ0v) is 20.0. The van der Waals surface area contributed by atoms with Gasteiger partial charge in [0.1, 0.15) is 5.15 Å². The van der Waals surface area contributed by atoms with Crippen LogP contribution in [0.25, 0.3) is 0 Å². The van der Waals surface area contributed by atoms with Gasteiger partial charge in [-0.3, -0.25) is 4.79 Å². The van der Waals surface area contributed by atoms with Crippen molar-refractivity contribution in [1.29, 1.82) is 0 Å². The summed E-state index contributed by atoms with van der Waals surface area (Å²) in [4.78, 5) is 15.6. The first kappa shape index (κ1) is 24.6. The second-order valence-electron chi connectivity index (χ2n) is 6.08. The van der Waals surface area contributed by atoms with Crippen molar-refractivity contribution in [3.63, 3.8) is 0 Å². The van der Waals surface area contributed by atoms with Gasteiger partial charge in [0, 0.05) is 38.4 Å². The van der Waals surface area contributed by atoms with Crippen molar-refractivity contribution in [2.45, 2.75) is 26.8 Å². The average molecular weight is 538 g/mol. The molecule has 6 nitrogen and oxygen atoms in total. The monoisotopic (exact) mass is 537 g/mol. The quantitative estimate of drug-likeness (QED) is 0.281. The standard InChI is InChI=1S/C19H25Cl2N5O.HI/c1-4-22-19(24-12-16-11-17(20)18(21)26(16)3)23-10-9-14-5-7-15(8-6-14)25-13(2)27;/h5-8,11H,4,9-10,12H2,1-3H3,(H,25,27)(H2,22,23,24);1H. The molecule has 0 fully saturated rings. The molecule has 1 heterocycles. The number of benzene rings is 1. The second kappa shape index (κ2) is 12.2. The minimum absolute atomic E-state index is 0. The highest BCUT2D eigenvalue weighted by molar-refractivity contribution is 14.0. The molecule has 0 spiro atoms. The molecule has 0 saturated heterocycles. The second-order valence-corrected chi connectivity index (χ2v) is 6.85. The number of nitrogens with zero attached hydrogens (tertiary/aromatic N) is 2. The van der Waals surface area contributed by atoms with Gasteiger partial charge >= 0.3 is 0 Å². The number of carbonyl (C=O) groups excluding carboxylic acids is 1. The van der Waals surface area contributed by atoms with Crippen LogP contribution in [0.3, 0.4) is 0 Å². The molecule has 1 aromatic carbocycles. The molecular weight excluding hydrogens is 512 g/mol. The summed E-state index contributed by atoms with van der Waals surface area (Å²) in [6, 6.07) is 9.64. The predicted octanol–water partition coefficient (Wildman–Crippen LogP) is 4.21. The Hall–Kier alpha value is -1.45. The first-order chi connectivity index (χ1) is 12.9. The van der Waals surface area contributed by atoms with Crippen molar-refractivity contribution in [3.8, 4) is 0 Å². The van der Waals surface area contributed by atoms with Crippen LogP contribution >= 0.6 is 47.2 Å². The van der Waals surface area contributed by atoms with Crippen molar-refractivity contribution in [1.82, 2.24) is 15.2 Å². The van der Waals surface area contributed by atoms with Gasteiger partial charge in [-0.25, -0.2) is 4.99 Å². The molecule has 2 rings (SSSR count). The van der Waals surface area contributed by atoms with E-state index in [2.05, 4.69) is 20.9 Å². The SMILES string of the molecule is CCNC(=NCc1cc(Cl)c(Cl)n1C)NCCc1ccc(NC(C)=O)cc1.I. The molecule has 1 aromatic heterocycles. The van der Waals surface area contributed by atoms with Crippen molar-refractivity contribution < 1.29 is 4.79 Å². The number of rotatable bonds is 7. The van der Waals surface area contributed by atoms with Crippen LogP contribution < -0.4 is 16.0 Å². The summed E-state index contributed by atoms with van der Waals surface area (Å²) < 4.78 is 1.83. The summed E-state index contributed by atoms with van der Waals surface area (Å²) in [5, 5.41) is 10.4. The Bertz CT molecular complexity index is 805. The summed E-state index contributed by atoms with van der Waals surface area (Å²) in [6.07, 6.45) is 0.840. The van der Waals surface area contributed by atoms with Gasteiger partial charge in [-0.1, -0.05) is 35.3 Å². The number of aliphatic imine (C=N–C) groups is 1. The van der Waals surface area contributed by atoms with E-state index in [0.717, 1.165) is 36.9 Å². The molecule has 0 bridgehead atoms. The summed E-state index contributed by atoms with van der Waals surface area (Å²) >= 11 is 12.1. The van der Waals surface area contributed by atoms with Crippen LogP contribution in [-0.4, -0.2) is 29.5 Å². The van der Waals surface area contributed by atoms with Crippen LogP contribution in [0.1, 0.15) is 25.1 Å². The lowest BCUT2D eigenvalue weighted by atomic mass is 10.1. The van der Waals surface area contributed by atoms with Crippen LogP contribution in [0.2, 0.25) is 10.2 Å². The maximum Gasteiger partial charge on any atom is 0.221 e. The van der Waals surface area contributed by atoms with E-state index in [1.54, 1.807) is 0 Å². The summed E-state index contributed by atoms with van der Waals surface area (Å²) in [5.74, 6) is 0.664. The largest absolute Gasteiger partial charge is 0.357 e. The van der Waals surface area contributed by atoms with E-state index >= 15 is 0 Å². The number of nitrogens with one attached hydrogen (secondary N) is 3. The molecular formula is C19H26Cl2IN5O.